The first kappa shape index (κ1) is 20.8. The third-order valence-electron chi connectivity index (χ3n) is 5.56. The lowest BCUT2D eigenvalue weighted by molar-refractivity contribution is -0.137. The van der Waals surface area contributed by atoms with Crippen LogP contribution >= 0.6 is 11.6 Å². The molecule has 1 unspecified atom stereocenters. The molecule has 2 N–H and O–H groups in total. The van der Waals surface area contributed by atoms with Gasteiger partial charge in [0, 0.05) is 17.0 Å². The number of ether oxygens (including phenoxy) is 2. The quantitative estimate of drug-likeness (QED) is 0.645. The van der Waals surface area contributed by atoms with Gasteiger partial charge in [-0.1, -0.05) is 37.4 Å². The highest BCUT2D eigenvalue weighted by atomic mass is 35.5. The molecule has 160 valence electrons. The molecule has 0 saturated heterocycles. The van der Waals surface area contributed by atoms with E-state index in [9.17, 15) is 13.2 Å². The lowest BCUT2D eigenvalue weighted by Gasteiger charge is -2.37. The first-order chi connectivity index (χ1) is 14.2. The molecule has 2 aliphatic rings. The van der Waals surface area contributed by atoms with Crippen molar-refractivity contribution in [1.82, 2.24) is 0 Å². The van der Waals surface area contributed by atoms with Gasteiger partial charge in [0.2, 0.25) is 0 Å². The molecule has 0 bridgehead atoms. The molecule has 0 aliphatic carbocycles. The maximum absolute atomic E-state index is 13.2. The number of amidine groups is 1. The first-order valence-corrected chi connectivity index (χ1v) is 10.3. The highest BCUT2D eigenvalue weighted by Gasteiger charge is 2.46. The molecule has 1 spiro atoms. The van der Waals surface area contributed by atoms with E-state index in [0.717, 1.165) is 37.0 Å². The molecule has 2 atom stereocenters. The van der Waals surface area contributed by atoms with E-state index < -0.39 is 17.3 Å². The Labute approximate surface area is 177 Å². The Morgan fingerprint density at radius 3 is 2.67 bits per heavy atom. The number of unbranched alkanes of at least 4 members (excludes halogenated alkanes) is 1. The van der Waals surface area contributed by atoms with Crippen molar-refractivity contribution < 1.29 is 22.6 Å². The maximum atomic E-state index is 13.2. The molecule has 4 rings (SSSR count). The van der Waals surface area contributed by atoms with Gasteiger partial charge >= 0.3 is 6.18 Å². The predicted octanol–water partition coefficient (Wildman–Crippen LogP) is 5.91. The van der Waals surface area contributed by atoms with Gasteiger partial charge in [-0.2, -0.15) is 13.2 Å². The molecular formula is C22H22ClF3N2O2. The Morgan fingerprint density at radius 1 is 1.20 bits per heavy atom. The van der Waals surface area contributed by atoms with Crippen molar-refractivity contribution in [3.63, 3.8) is 0 Å². The van der Waals surface area contributed by atoms with Crippen LogP contribution in [0.15, 0.2) is 41.4 Å². The fourth-order valence-corrected chi connectivity index (χ4v) is 4.34. The molecule has 0 aromatic heterocycles. The average molecular weight is 439 g/mol. The van der Waals surface area contributed by atoms with E-state index in [2.05, 4.69) is 11.9 Å². The van der Waals surface area contributed by atoms with Gasteiger partial charge in [-0.25, -0.2) is 4.99 Å². The maximum Gasteiger partial charge on any atom is 0.416 e. The molecule has 0 radical (unpaired) electrons. The number of alkyl halides is 3. The number of halogens is 4. The van der Waals surface area contributed by atoms with E-state index in [-0.39, 0.29) is 23.8 Å². The lowest BCUT2D eigenvalue weighted by atomic mass is 9.81. The summed E-state index contributed by atoms with van der Waals surface area (Å²) in [5.74, 6) is 0.659. The normalized spacial score (nSPS) is 23.0. The monoisotopic (exact) mass is 438 g/mol. The molecule has 2 aromatic rings. The van der Waals surface area contributed by atoms with Gasteiger partial charge in [-0.05, 0) is 47.9 Å². The summed E-state index contributed by atoms with van der Waals surface area (Å²) in [4.78, 5) is 4.57. The number of fused-ring (bicyclic) bond motifs is 2. The van der Waals surface area contributed by atoms with Gasteiger partial charge in [0.15, 0.2) is 0 Å². The molecule has 30 heavy (non-hydrogen) atoms. The number of nitrogens with two attached hydrogens (primary N) is 1. The Kier molecular flexibility index (Phi) is 5.34. The summed E-state index contributed by atoms with van der Waals surface area (Å²) in [5.41, 5.74) is 6.07. The average Bonchev–Trinajstić information content (AvgIpc) is 3.06. The van der Waals surface area contributed by atoms with Crippen LogP contribution in [0, 0.1) is 0 Å². The lowest BCUT2D eigenvalue weighted by Crippen LogP contribution is -2.38. The molecule has 2 aromatic carbocycles. The number of hydrogen-bond donors (Lipinski definition) is 1. The molecule has 0 saturated carbocycles. The number of aliphatic imine (C=N–C) groups is 1. The van der Waals surface area contributed by atoms with Crippen molar-refractivity contribution in [2.24, 2.45) is 10.7 Å². The molecule has 0 fully saturated rings. The Morgan fingerprint density at radius 2 is 2.00 bits per heavy atom. The molecule has 8 heteroatoms. The van der Waals surface area contributed by atoms with Crippen molar-refractivity contribution in [1.29, 1.82) is 0 Å². The molecular weight excluding hydrogens is 417 g/mol. The zero-order chi connectivity index (χ0) is 21.5. The van der Waals surface area contributed by atoms with E-state index in [4.69, 9.17) is 26.8 Å². The molecule has 4 nitrogen and oxygen atoms in total. The molecule has 2 aliphatic heterocycles. The second-order valence-electron chi connectivity index (χ2n) is 7.79. The van der Waals surface area contributed by atoms with E-state index in [1.807, 2.05) is 6.07 Å². The van der Waals surface area contributed by atoms with Crippen molar-refractivity contribution in [3.05, 3.63) is 52.5 Å². The minimum atomic E-state index is -4.48. The van der Waals surface area contributed by atoms with E-state index in [1.54, 1.807) is 12.1 Å². The van der Waals surface area contributed by atoms with E-state index in [0.29, 0.717) is 23.3 Å². The van der Waals surface area contributed by atoms with Crippen LogP contribution in [0.2, 0.25) is 5.02 Å². The van der Waals surface area contributed by atoms with Crippen LogP contribution in [0.3, 0.4) is 0 Å². The van der Waals surface area contributed by atoms with Crippen LogP contribution in [0.1, 0.15) is 43.7 Å². The Hall–Kier alpha value is -2.41. The zero-order valence-electron chi connectivity index (χ0n) is 16.4. The highest BCUT2D eigenvalue weighted by molar-refractivity contribution is 6.31. The summed E-state index contributed by atoms with van der Waals surface area (Å²) in [6.07, 6.45) is -0.938. The third kappa shape index (κ3) is 3.95. The summed E-state index contributed by atoms with van der Waals surface area (Å²) in [7, 11) is 0. The number of benzene rings is 2. The Bertz CT molecular complexity index is 993. The second kappa shape index (κ2) is 7.69. The fourth-order valence-electron chi connectivity index (χ4n) is 4.11. The zero-order valence-corrected chi connectivity index (χ0v) is 17.2. The van der Waals surface area contributed by atoms with Crippen LogP contribution in [-0.2, 0) is 16.5 Å². The predicted molar refractivity (Wildman–Crippen MR) is 110 cm³/mol. The largest absolute Gasteiger partial charge is 0.490 e. The second-order valence-corrected chi connectivity index (χ2v) is 8.23. The fraction of sp³-hybridized carbons (Fsp3) is 0.409. The summed E-state index contributed by atoms with van der Waals surface area (Å²) < 4.78 is 51.4. The van der Waals surface area contributed by atoms with E-state index >= 15 is 0 Å². The van der Waals surface area contributed by atoms with Crippen molar-refractivity contribution in [3.8, 4) is 16.9 Å². The topological polar surface area (TPSA) is 56.8 Å². The minimum absolute atomic E-state index is 0.0228. The van der Waals surface area contributed by atoms with Crippen LogP contribution in [0.4, 0.5) is 13.2 Å². The first-order valence-electron chi connectivity index (χ1n) is 9.88. The van der Waals surface area contributed by atoms with Gasteiger partial charge in [-0.3, -0.25) is 0 Å². The van der Waals surface area contributed by atoms with Gasteiger partial charge in [0.05, 0.1) is 5.56 Å². The third-order valence-corrected chi connectivity index (χ3v) is 5.78. The summed E-state index contributed by atoms with van der Waals surface area (Å²) in [6.45, 7) is 2.40. The van der Waals surface area contributed by atoms with Gasteiger partial charge in [0.25, 0.3) is 6.02 Å². The van der Waals surface area contributed by atoms with E-state index in [1.165, 1.54) is 6.07 Å². The van der Waals surface area contributed by atoms with Crippen LogP contribution in [0.5, 0.6) is 5.75 Å². The summed E-state index contributed by atoms with van der Waals surface area (Å²) >= 11 is 5.97. The van der Waals surface area contributed by atoms with Crippen molar-refractivity contribution in [2.75, 3.05) is 6.61 Å². The van der Waals surface area contributed by atoms with Crippen LogP contribution in [-0.4, -0.2) is 18.7 Å². The highest BCUT2D eigenvalue weighted by Crippen LogP contribution is 2.47. The van der Waals surface area contributed by atoms with Crippen LogP contribution in [0.25, 0.3) is 11.1 Å². The van der Waals surface area contributed by atoms with Crippen molar-refractivity contribution in [2.45, 2.75) is 50.4 Å². The smallest absolute Gasteiger partial charge is 0.416 e. The van der Waals surface area contributed by atoms with Gasteiger partial charge in [0.1, 0.15) is 24.0 Å². The minimum Gasteiger partial charge on any atom is -0.490 e. The van der Waals surface area contributed by atoms with Gasteiger partial charge in [-0.15, -0.1) is 0 Å². The summed E-state index contributed by atoms with van der Waals surface area (Å²) in [5, 5.41) is 0.0228. The SMILES string of the molecule is CCCC[C@H]1CC2(COC(N)=N2)c2cc(-c3cc(Cl)cc(C(F)(F)F)c3)ccc2O1. The molecule has 2 heterocycles. The Balaban J connectivity index is 1.78. The number of hydrogen-bond acceptors (Lipinski definition) is 4. The molecule has 0 amide bonds. The van der Waals surface area contributed by atoms with Crippen LogP contribution < -0.4 is 10.5 Å². The standard InChI is InChI=1S/C22H22ClF3N2O2/c1-2-3-4-17-11-21(12-29-20(27)28-21)18-9-13(5-6-19(18)30-17)14-7-15(22(24,25)26)10-16(23)8-14/h5-10,17H,2-4,11-12H2,1H3,(H2,27,28)/t17-,21?/m0/s1. The summed E-state index contributed by atoms with van der Waals surface area (Å²) in [6, 6.07) is 8.97. The van der Waals surface area contributed by atoms with Gasteiger partial charge < -0.3 is 15.2 Å². The number of rotatable bonds is 4. The van der Waals surface area contributed by atoms with Crippen molar-refractivity contribution >= 4 is 17.6 Å². The number of nitrogens with zero attached hydrogens (tertiary/aromatic N) is 1.